The van der Waals surface area contributed by atoms with Crippen LogP contribution in [-0.4, -0.2) is 15.6 Å². The van der Waals surface area contributed by atoms with E-state index in [-0.39, 0.29) is 29.0 Å². The van der Waals surface area contributed by atoms with Crippen LogP contribution in [0.4, 0.5) is 5.69 Å². The molecule has 2 atom stereocenters. The molecule has 0 radical (unpaired) electrons. The molecule has 154 valence electrons. The number of carbonyl (C=O) groups is 1. The zero-order chi connectivity index (χ0) is 21.5. The summed E-state index contributed by atoms with van der Waals surface area (Å²) in [4.78, 5) is 12.6. The molecule has 0 aliphatic heterocycles. The second kappa shape index (κ2) is 7.56. The van der Waals surface area contributed by atoms with E-state index in [0.29, 0.717) is 12.2 Å². The first-order valence-corrected chi connectivity index (χ1v) is 10.3. The molecule has 1 heterocycles. The normalized spacial score (nSPS) is 18.8. The zero-order valence-electron chi connectivity index (χ0n) is 17.7. The Bertz CT molecular complexity index is 1130. The lowest BCUT2D eigenvalue weighted by Crippen LogP contribution is -2.10. The summed E-state index contributed by atoms with van der Waals surface area (Å²) in [6.07, 6.45) is 2.49. The molecule has 2 aromatic carbocycles. The Labute approximate surface area is 176 Å². The van der Waals surface area contributed by atoms with Crippen LogP contribution in [0.5, 0.6) is 5.88 Å². The van der Waals surface area contributed by atoms with Gasteiger partial charge in [0, 0.05) is 17.8 Å². The molecule has 1 amide bonds. The molecule has 30 heavy (non-hydrogen) atoms. The summed E-state index contributed by atoms with van der Waals surface area (Å²) in [5, 5.41) is 19.4. The van der Waals surface area contributed by atoms with Crippen LogP contribution >= 0.6 is 0 Å². The maximum Gasteiger partial charge on any atom is 0.268 e. The third-order valence-electron chi connectivity index (χ3n) is 5.79. The molecule has 5 heteroatoms. The van der Waals surface area contributed by atoms with Crippen molar-refractivity contribution in [3.8, 4) is 5.88 Å². The molecular formula is C25H27N3O2. The summed E-state index contributed by atoms with van der Waals surface area (Å²) in [7, 11) is 0. The van der Waals surface area contributed by atoms with E-state index in [1.165, 1.54) is 11.1 Å². The molecule has 4 rings (SSSR count). The SMILES string of the molecule is C=CCn1c(O)c(N=NC(=O)C2CC2c2ccc(C(C)(C)C)cc2)c2ccccc21. The number of amides is 1. The molecule has 0 spiro atoms. The number of carbonyl (C=O) groups excluding carboxylic acids is 1. The first-order valence-electron chi connectivity index (χ1n) is 10.3. The summed E-state index contributed by atoms with van der Waals surface area (Å²) < 4.78 is 1.71. The fraction of sp³-hybridized carbons (Fsp3) is 0.320. The van der Waals surface area contributed by atoms with E-state index in [4.69, 9.17) is 0 Å². The number of hydrogen-bond donors (Lipinski definition) is 1. The average molecular weight is 402 g/mol. The van der Waals surface area contributed by atoms with Crippen LogP contribution in [0.25, 0.3) is 10.9 Å². The lowest BCUT2D eigenvalue weighted by atomic mass is 9.86. The molecule has 1 N–H and O–H groups in total. The van der Waals surface area contributed by atoms with Crippen molar-refractivity contribution in [2.75, 3.05) is 0 Å². The summed E-state index contributed by atoms with van der Waals surface area (Å²) in [6, 6.07) is 16.1. The second-order valence-corrected chi connectivity index (χ2v) is 8.95. The van der Waals surface area contributed by atoms with E-state index in [1.54, 1.807) is 10.6 Å². The van der Waals surface area contributed by atoms with E-state index in [0.717, 1.165) is 17.3 Å². The van der Waals surface area contributed by atoms with Gasteiger partial charge in [-0.2, -0.15) is 0 Å². The van der Waals surface area contributed by atoms with Crippen LogP contribution in [0.1, 0.15) is 44.2 Å². The molecule has 1 saturated carbocycles. The summed E-state index contributed by atoms with van der Waals surface area (Å²) in [5.41, 5.74) is 3.72. The lowest BCUT2D eigenvalue weighted by Gasteiger charge is -2.19. The molecule has 0 saturated heterocycles. The summed E-state index contributed by atoms with van der Waals surface area (Å²) >= 11 is 0. The van der Waals surface area contributed by atoms with Crippen molar-refractivity contribution in [2.24, 2.45) is 16.1 Å². The van der Waals surface area contributed by atoms with Crippen LogP contribution in [0, 0.1) is 5.92 Å². The molecule has 1 aromatic heterocycles. The van der Waals surface area contributed by atoms with Gasteiger partial charge in [0.1, 0.15) is 0 Å². The van der Waals surface area contributed by atoms with Gasteiger partial charge < -0.3 is 9.67 Å². The van der Waals surface area contributed by atoms with Crippen molar-refractivity contribution in [3.63, 3.8) is 0 Å². The second-order valence-electron chi connectivity index (χ2n) is 8.95. The third kappa shape index (κ3) is 3.67. The highest BCUT2D eigenvalue weighted by Gasteiger charge is 2.44. The Morgan fingerprint density at radius 2 is 1.90 bits per heavy atom. The van der Waals surface area contributed by atoms with Crippen LogP contribution in [0.15, 0.2) is 71.4 Å². The number of rotatable bonds is 5. The van der Waals surface area contributed by atoms with Gasteiger partial charge in [-0.05, 0) is 34.9 Å². The smallest absolute Gasteiger partial charge is 0.268 e. The van der Waals surface area contributed by atoms with E-state index < -0.39 is 0 Å². The van der Waals surface area contributed by atoms with Gasteiger partial charge in [0.25, 0.3) is 5.91 Å². The largest absolute Gasteiger partial charge is 0.493 e. The van der Waals surface area contributed by atoms with Crippen molar-refractivity contribution < 1.29 is 9.90 Å². The van der Waals surface area contributed by atoms with Gasteiger partial charge in [-0.1, -0.05) is 69.3 Å². The third-order valence-corrected chi connectivity index (χ3v) is 5.79. The highest BCUT2D eigenvalue weighted by molar-refractivity contribution is 5.95. The average Bonchev–Trinajstić information content (AvgIpc) is 3.48. The quantitative estimate of drug-likeness (QED) is 0.406. The summed E-state index contributed by atoms with van der Waals surface area (Å²) in [5.74, 6) is -0.184. The molecule has 3 aromatic rings. The predicted molar refractivity (Wildman–Crippen MR) is 119 cm³/mol. The molecule has 2 unspecified atom stereocenters. The molecule has 1 fully saturated rings. The monoisotopic (exact) mass is 401 g/mol. The van der Waals surface area contributed by atoms with Crippen LogP contribution in [0.3, 0.4) is 0 Å². The van der Waals surface area contributed by atoms with Gasteiger partial charge in [0.05, 0.1) is 5.52 Å². The topological polar surface area (TPSA) is 66.9 Å². The van der Waals surface area contributed by atoms with E-state index >= 15 is 0 Å². The van der Waals surface area contributed by atoms with Crippen molar-refractivity contribution in [2.45, 2.75) is 45.1 Å². The van der Waals surface area contributed by atoms with Crippen molar-refractivity contribution in [3.05, 3.63) is 72.3 Å². The van der Waals surface area contributed by atoms with Crippen molar-refractivity contribution >= 4 is 22.5 Å². The number of aromatic hydroxyl groups is 1. The Balaban J connectivity index is 1.52. The first kappa shape index (κ1) is 20.1. The maximum atomic E-state index is 12.6. The molecule has 0 bridgehead atoms. The fourth-order valence-corrected chi connectivity index (χ4v) is 3.92. The lowest BCUT2D eigenvalue weighted by molar-refractivity contribution is -0.119. The number of aromatic nitrogens is 1. The predicted octanol–water partition coefficient (Wildman–Crippen LogP) is 6.24. The maximum absolute atomic E-state index is 12.6. The van der Waals surface area contributed by atoms with E-state index in [9.17, 15) is 9.90 Å². The van der Waals surface area contributed by atoms with Crippen molar-refractivity contribution in [1.82, 2.24) is 4.57 Å². The van der Waals surface area contributed by atoms with Crippen LogP contribution in [-0.2, 0) is 16.8 Å². The van der Waals surface area contributed by atoms with Crippen molar-refractivity contribution in [1.29, 1.82) is 0 Å². The van der Waals surface area contributed by atoms with Gasteiger partial charge >= 0.3 is 0 Å². The summed E-state index contributed by atoms with van der Waals surface area (Å²) in [6.45, 7) is 10.7. The standard InChI is InChI=1S/C25H27N3O2/c1-5-14-28-21-9-7-6-8-18(21)22(24(28)30)26-27-23(29)20-15-19(20)16-10-12-17(13-11-16)25(2,3)4/h5-13,19-20,30H,1,14-15H2,2-4H3. The molecule has 1 aliphatic carbocycles. The fourth-order valence-electron chi connectivity index (χ4n) is 3.92. The number of benzene rings is 2. The van der Waals surface area contributed by atoms with Gasteiger partial charge in [-0.15, -0.1) is 16.8 Å². The van der Waals surface area contributed by atoms with Gasteiger partial charge in [0.15, 0.2) is 5.69 Å². The number of para-hydroxylation sites is 1. The zero-order valence-corrected chi connectivity index (χ0v) is 17.7. The number of fused-ring (bicyclic) bond motifs is 1. The number of azo groups is 1. The van der Waals surface area contributed by atoms with Crippen LogP contribution < -0.4 is 0 Å². The Hall–Kier alpha value is -3.21. The molecule has 5 nitrogen and oxygen atoms in total. The van der Waals surface area contributed by atoms with Gasteiger partial charge in [-0.3, -0.25) is 4.79 Å². The minimum absolute atomic E-state index is 0.00207. The minimum atomic E-state index is -0.236. The van der Waals surface area contributed by atoms with Gasteiger partial charge in [0.2, 0.25) is 5.88 Å². The Morgan fingerprint density at radius 3 is 2.57 bits per heavy atom. The highest BCUT2D eigenvalue weighted by Crippen LogP contribution is 2.49. The van der Waals surface area contributed by atoms with E-state index in [2.05, 4.69) is 61.8 Å². The minimum Gasteiger partial charge on any atom is -0.493 e. The number of nitrogens with zero attached hydrogens (tertiary/aromatic N) is 3. The Kier molecular flexibility index (Phi) is 5.06. The first-order chi connectivity index (χ1) is 14.3. The Morgan fingerprint density at radius 1 is 1.20 bits per heavy atom. The number of hydrogen-bond acceptors (Lipinski definition) is 3. The highest BCUT2D eigenvalue weighted by atomic mass is 16.3. The van der Waals surface area contributed by atoms with Crippen LogP contribution in [0.2, 0.25) is 0 Å². The molecular weight excluding hydrogens is 374 g/mol. The van der Waals surface area contributed by atoms with Gasteiger partial charge in [-0.25, -0.2) is 0 Å². The number of allylic oxidation sites excluding steroid dienone is 1. The van der Waals surface area contributed by atoms with E-state index in [1.807, 2.05) is 24.3 Å². The molecule has 1 aliphatic rings.